The van der Waals surface area contributed by atoms with Crippen LogP contribution in [0.5, 0.6) is 5.75 Å². The molecule has 3 nitrogen and oxygen atoms in total. The van der Waals surface area contributed by atoms with E-state index in [1.54, 1.807) is 7.11 Å². The van der Waals surface area contributed by atoms with Crippen molar-refractivity contribution < 1.29 is 9.47 Å². The lowest BCUT2D eigenvalue weighted by Gasteiger charge is -2.12. The molecule has 0 aliphatic carbocycles. The van der Waals surface area contributed by atoms with E-state index in [2.05, 4.69) is 25.4 Å². The lowest BCUT2D eigenvalue weighted by atomic mass is 10.0. The fraction of sp³-hybridized carbons (Fsp3) is 0.438. The van der Waals surface area contributed by atoms with Gasteiger partial charge in [0.2, 0.25) is 5.90 Å². The molecule has 0 N–H and O–H groups in total. The molecule has 0 unspecified atom stereocenters. The van der Waals surface area contributed by atoms with Crippen molar-refractivity contribution >= 4 is 5.90 Å². The highest BCUT2D eigenvalue weighted by molar-refractivity contribution is 5.97. The summed E-state index contributed by atoms with van der Waals surface area (Å²) in [5.74, 6) is 1.61. The van der Waals surface area contributed by atoms with Gasteiger partial charge in [-0.15, -0.1) is 6.58 Å². The lowest BCUT2D eigenvalue weighted by Crippen LogP contribution is -2.17. The molecule has 3 heteroatoms. The minimum Gasteiger partial charge on any atom is -0.496 e. The van der Waals surface area contributed by atoms with E-state index in [0.717, 1.165) is 35.6 Å². The zero-order valence-corrected chi connectivity index (χ0v) is 11.9. The largest absolute Gasteiger partial charge is 0.496 e. The monoisotopic (exact) mass is 259 g/mol. The van der Waals surface area contributed by atoms with Crippen LogP contribution in [0.3, 0.4) is 0 Å². The zero-order chi connectivity index (χ0) is 13.9. The lowest BCUT2D eigenvalue weighted by molar-refractivity contribution is 0.279. The molecule has 1 heterocycles. The predicted molar refractivity (Wildman–Crippen MR) is 78.1 cm³/mol. The van der Waals surface area contributed by atoms with Crippen molar-refractivity contribution in [2.45, 2.75) is 32.2 Å². The van der Waals surface area contributed by atoms with Gasteiger partial charge < -0.3 is 9.47 Å². The van der Waals surface area contributed by atoms with Crippen LogP contribution in [-0.4, -0.2) is 25.2 Å². The van der Waals surface area contributed by atoms with Crippen LogP contribution >= 0.6 is 0 Å². The maximum atomic E-state index is 5.74. The fourth-order valence-electron chi connectivity index (χ4n) is 2.18. The van der Waals surface area contributed by atoms with Crippen molar-refractivity contribution in [1.29, 1.82) is 0 Å². The van der Waals surface area contributed by atoms with Crippen molar-refractivity contribution in [2.75, 3.05) is 13.7 Å². The van der Waals surface area contributed by atoms with Crippen molar-refractivity contribution in [3.63, 3.8) is 0 Å². The molecule has 0 radical (unpaired) electrons. The van der Waals surface area contributed by atoms with Gasteiger partial charge in [0.25, 0.3) is 0 Å². The van der Waals surface area contributed by atoms with Crippen molar-refractivity contribution in [1.82, 2.24) is 0 Å². The summed E-state index contributed by atoms with van der Waals surface area (Å²) in [4.78, 5) is 4.65. The van der Waals surface area contributed by atoms with Crippen LogP contribution in [0.1, 0.15) is 31.4 Å². The van der Waals surface area contributed by atoms with Gasteiger partial charge in [0.05, 0.1) is 12.6 Å². The topological polar surface area (TPSA) is 30.8 Å². The summed E-state index contributed by atoms with van der Waals surface area (Å²) in [7, 11) is 1.69. The third kappa shape index (κ3) is 2.98. The minimum absolute atomic E-state index is 0.145. The summed E-state index contributed by atoms with van der Waals surface area (Å²) >= 11 is 0. The van der Waals surface area contributed by atoms with Gasteiger partial charge in [-0.1, -0.05) is 12.1 Å². The average Bonchev–Trinajstić information content (AvgIpc) is 2.76. The summed E-state index contributed by atoms with van der Waals surface area (Å²) < 4.78 is 11.2. The second-order valence-electron chi connectivity index (χ2n) is 5.33. The van der Waals surface area contributed by atoms with Gasteiger partial charge in [-0.05, 0) is 38.8 Å². The summed E-state index contributed by atoms with van der Waals surface area (Å²) in [5.41, 5.74) is 2.03. The van der Waals surface area contributed by atoms with Crippen LogP contribution in [0.15, 0.2) is 35.8 Å². The Morgan fingerprint density at radius 1 is 1.47 bits per heavy atom. The summed E-state index contributed by atoms with van der Waals surface area (Å²) in [6.45, 7) is 8.55. The molecule has 0 spiro atoms. The number of allylic oxidation sites excluding steroid dienone is 1. The average molecular weight is 259 g/mol. The second-order valence-corrected chi connectivity index (χ2v) is 5.33. The maximum Gasteiger partial charge on any atom is 0.217 e. The molecule has 2 rings (SSSR count). The minimum atomic E-state index is -0.145. The van der Waals surface area contributed by atoms with Crippen molar-refractivity contribution in [3.05, 3.63) is 42.0 Å². The zero-order valence-electron chi connectivity index (χ0n) is 11.9. The molecule has 1 aliphatic heterocycles. The molecule has 19 heavy (non-hydrogen) atoms. The Balaban J connectivity index is 2.42. The van der Waals surface area contributed by atoms with Gasteiger partial charge >= 0.3 is 0 Å². The molecule has 0 atom stereocenters. The van der Waals surface area contributed by atoms with Crippen LogP contribution in [0, 0.1) is 0 Å². The normalized spacial score (nSPS) is 16.7. The molecule has 1 aromatic rings. The Morgan fingerprint density at radius 3 is 2.84 bits per heavy atom. The van der Waals surface area contributed by atoms with Gasteiger partial charge in [0.15, 0.2) is 0 Å². The van der Waals surface area contributed by atoms with E-state index in [0.29, 0.717) is 6.61 Å². The maximum absolute atomic E-state index is 5.74. The molecule has 0 fully saturated rings. The van der Waals surface area contributed by atoms with Crippen LogP contribution in [0.25, 0.3) is 0 Å². The molecular formula is C16H21NO2. The van der Waals surface area contributed by atoms with E-state index in [4.69, 9.17) is 9.47 Å². The first-order chi connectivity index (χ1) is 9.07. The number of rotatable bonds is 5. The first-order valence-electron chi connectivity index (χ1n) is 6.57. The highest BCUT2D eigenvalue weighted by atomic mass is 16.5. The van der Waals surface area contributed by atoms with Gasteiger partial charge in [0, 0.05) is 11.1 Å². The Kier molecular flexibility index (Phi) is 3.93. The van der Waals surface area contributed by atoms with Crippen LogP contribution in [0.2, 0.25) is 0 Å². The molecule has 0 aromatic heterocycles. The molecule has 0 saturated heterocycles. The number of methoxy groups -OCH3 is 1. The Bertz CT molecular complexity index is 503. The van der Waals surface area contributed by atoms with Gasteiger partial charge in [-0.2, -0.15) is 0 Å². The third-order valence-corrected chi connectivity index (χ3v) is 3.15. The van der Waals surface area contributed by atoms with Gasteiger partial charge in [0.1, 0.15) is 12.4 Å². The Morgan fingerprint density at radius 2 is 2.26 bits per heavy atom. The predicted octanol–water partition coefficient (Wildman–Crippen LogP) is 3.37. The van der Waals surface area contributed by atoms with E-state index in [-0.39, 0.29) is 5.54 Å². The highest BCUT2D eigenvalue weighted by Gasteiger charge is 2.28. The first kappa shape index (κ1) is 13.7. The number of benzene rings is 1. The fourth-order valence-corrected chi connectivity index (χ4v) is 2.18. The molecule has 1 aromatic carbocycles. The Labute approximate surface area is 115 Å². The number of nitrogens with zero attached hydrogens (tertiary/aromatic N) is 1. The smallest absolute Gasteiger partial charge is 0.217 e. The molecule has 102 valence electrons. The number of hydrogen-bond donors (Lipinski definition) is 0. The standard InChI is InChI=1S/C16H21NO2/c1-5-6-8-12-13(9-7-10-14(12)18-4)15-17-16(2,3)11-19-15/h5,7,9-10H,1,6,8,11H2,2-4H3. The van der Waals surface area contributed by atoms with E-state index in [9.17, 15) is 0 Å². The quantitative estimate of drug-likeness (QED) is 0.759. The second kappa shape index (κ2) is 5.47. The summed E-state index contributed by atoms with van der Waals surface area (Å²) in [5, 5.41) is 0. The highest BCUT2D eigenvalue weighted by Crippen LogP contribution is 2.28. The van der Waals surface area contributed by atoms with E-state index in [1.165, 1.54) is 0 Å². The van der Waals surface area contributed by atoms with Crippen molar-refractivity contribution in [2.24, 2.45) is 4.99 Å². The SMILES string of the molecule is C=CCCc1c(OC)cccc1C1=NC(C)(C)CO1. The molecule has 0 saturated carbocycles. The van der Waals surface area contributed by atoms with Crippen LogP contribution in [0.4, 0.5) is 0 Å². The van der Waals surface area contributed by atoms with Gasteiger partial charge in [-0.3, -0.25) is 0 Å². The number of aliphatic imine (C=N–C) groups is 1. The number of hydrogen-bond acceptors (Lipinski definition) is 3. The van der Waals surface area contributed by atoms with E-state index in [1.807, 2.05) is 24.3 Å². The number of ether oxygens (including phenoxy) is 2. The third-order valence-electron chi connectivity index (χ3n) is 3.15. The van der Waals surface area contributed by atoms with E-state index < -0.39 is 0 Å². The Hall–Kier alpha value is -1.77. The summed E-state index contributed by atoms with van der Waals surface area (Å²) in [6.07, 6.45) is 3.70. The first-order valence-corrected chi connectivity index (χ1v) is 6.57. The summed E-state index contributed by atoms with van der Waals surface area (Å²) in [6, 6.07) is 5.99. The van der Waals surface area contributed by atoms with E-state index >= 15 is 0 Å². The molecule has 0 amide bonds. The van der Waals surface area contributed by atoms with Crippen LogP contribution < -0.4 is 4.74 Å². The van der Waals surface area contributed by atoms with Crippen molar-refractivity contribution in [3.8, 4) is 5.75 Å². The molecule has 0 bridgehead atoms. The van der Waals surface area contributed by atoms with Gasteiger partial charge in [-0.25, -0.2) is 4.99 Å². The molecule has 1 aliphatic rings. The molecular weight excluding hydrogens is 238 g/mol. The van der Waals surface area contributed by atoms with Crippen LogP contribution in [-0.2, 0) is 11.2 Å².